The first-order valence-corrected chi connectivity index (χ1v) is 10.2. The van der Waals surface area contributed by atoms with E-state index in [1.165, 1.54) is 0 Å². The molecular weight excluding hydrogens is 426 g/mol. The Morgan fingerprint density at radius 1 is 0.969 bits per heavy atom. The summed E-state index contributed by atoms with van der Waals surface area (Å²) in [6.07, 6.45) is 5.57. The van der Waals surface area contributed by atoms with Gasteiger partial charge in [-0.3, -0.25) is 0 Å². The van der Waals surface area contributed by atoms with E-state index in [0.717, 1.165) is 11.1 Å². The number of halogens is 1. The number of fused-ring (bicyclic) bond motifs is 1. The summed E-state index contributed by atoms with van der Waals surface area (Å²) in [5, 5.41) is 4.53. The molecule has 6 nitrogen and oxygen atoms in total. The summed E-state index contributed by atoms with van der Waals surface area (Å²) < 4.78 is 16.5. The summed E-state index contributed by atoms with van der Waals surface area (Å²) in [5.74, 6) is 5.27. The van der Waals surface area contributed by atoms with E-state index in [9.17, 15) is 0 Å². The minimum atomic E-state index is 0.268. The lowest BCUT2D eigenvalue weighted by Crippen LogP contribution is -2.04. The minimum Gasteiger partial charge on any atom is -0.491 e. The van der Waals surface area contributed by atoms with Crippen molar-refractivity contribution in [3.05, 3.63) is 77.6 Å². The average molecular weight is 446 g/mol. The van der Waals surface area contributed by atoms with Crippen LogP contribution in [-0.4, -0.2) is 30.3 Å². The fourth-order valence-corrected chi connectivity index (χ4v) is 3.23. The SMILES string of the molecule is C#Cc1nc(Nc2ccc(Oc3ccccc3)c(Cl)c2)c2ccc(OCCOC)cc2n1. The Balaban J connectivity index is 1.60. The van der Waals surface area contributed by atoms with Crippen molar-refractivity contribution in [3.8, 4) is 29.6 Å². The van der Waals surface area contributed by atoms with Gasteiger partial charge in [0.15, 0.2) is 0 Å². The van der Waals surface area contributed by atoms with Crippen LogP contribution in [0.25, 0.3) is 10.9 Å². The third-order valence-corrected chi connectivity index (χ3v) is 4.81. The Hall–Kier alpha value is -3.79. The Morgan fingerprint density at radius 2 is 1.81 bits per heavy atom. The van der Waals surface area contributed by atoms with Gasteiger partial charge < -0.3 is 19.5 Å². The molecule has 0 unspecified atom stereocenters. The molecule has 0 radical (unpaired) electrons. The maximum atomic E-state index is 6.45. The summed E-state index contributed by atoms with van der Waals surface area (Å²) in [6, 6.07) is 20.4. The monoisotopic (exact) mass is 445 g/mol. The molecule has 1 aromatic heterocycles. The first kappa shape index (κ1) is 21.4. The highest BCUT2D eigenvalue weighted by Crippen LogP contribution is 2.33. The van der Waals surface area contributed by atoms with E-state index < -0.39 is 0 Å². The smallest absolute Gasteiger partial charge is 0.207 e. The van der Waals surface area contributed by atoms with Crippen molar-refractivity contribution >= 4 is 34.0 Å². The summed E-state index contributed by atoms with van der Waals surface area (Å²) >= 11 is 6.45. The molecule has 4 aromatic rings. The van der Waals surface area contributed by atoms with E-state index in [4.69, 9.17) is 32.2 Å². The van der Waals surface area contributed by atoms with Crippen LogP contribution in [0.1, 0.15) is 5.82 Å². The van der Waals surface area contributed by atoms with Crippen molar-refractivity contribution in [2.45, 2.75) is 0 Å². The van der Waals surface area contributed by atoms with E-state index in [2.05, 4.69) is 21.2 Å². The van der Waals surface area contributed by atoms with Gasteiger partial charge in [0.2, 0.25) is 5.82 Å². The molecule has 0 aliphatic carbocycles. The highest BCUT2D eigenvalue weighted by atomic mass is 35.5. The van der Waals surface area contributed by atoms with Crippen LogP contribution in [0, 0.1) is 12.3 Å². The van der Waals surface area contributed by atoms with Crippen molar-refractivity contribution in [2.75, 3.05) is 25.6 Å². The van der Waals surface area contributed by atoms with Gasteiger partial charge in [-0.15, -0.1) is 6.42 Å². The van der Waals surface area contributed by atoms with Crippen LogP contribution in [0.3, 0.4) is 0 Å². The van der Waals surface area contributed by atoms with Gasteiger partial charge in [-0.1, -0.05) is 29.8 Å². The van der Waals surface area contributed by atoms with E-state index >= 15 is 0 Å². The number of ether oxygens (including phenoxy) is 3. The van der Waals surface area contributed by atoms with Crippen LogP contribution in [0.4, 0.5) is 11.5 Å². The highest BCUT2D eigenvalue weighted by molar-refractivity contribution is 6.32. The number of methoxy groups -OCH3 is 1. The molecule has 0 aliphatic heterocycles. The number of benzene rings is 3. The standard InChI is InChI=1S/C25H20ClN3O3/c1-3-24-28-22-16-19(31-14-13-30-2)10-11-20(22)25(29-24)27-17-9-12-23(21(26)15-17)32-18-7-5-4-6-8-18/h1,4-12,15-16H,13-14H2,2H3,(H,27,28,29). The zero-order valence-corrected chi connectivity index (χ0v) is 18.1. The third kappa shape index (κ3) is 5.09. The Labute approximate surface area is 191 Å². The zero-order chi connectivity index (χ0) is 22.3. The third-order valence-electron chi connectivity index (χ3n) is 4.52. The topological polar surface area (TPSA) is 65.5 Å². The molecule has 7 heteroatoms. The normalized spacial score (nSPS) is 10.5. The maximum absolute atomic E-state index is 6.45. The molecule has 0 fully saturated rings. The number of anilines is 2. The molecule has 32 heavy (non-hydrogen) atoms. The zero-order valence-electron chi connectivity index (χ0n) is 17.3. The molecule has 0 bridgehead atoms. The van der Waals surface area contributed by atoms with Gasteiger partial charge in [-0.25, -0.2) is 9.97 Å². The second-order valence-corrected chi connectivity index (χ2v) is 7.15. The number of hydrogen-bond donors (Lipinski definition) is 1. The van der Waals surface area contributed by atoms with Crippen LogP contribution in [0.15, 0.2) is 66.7 Å². The Kier molecular flexibility index (Phi) is 6.71. The van der Waals surface area contributed by atoms with Gasteiger partial charge in [-0.2, -0.15) is 0 Å². The largest absolute Gasteiger partial charge is 0.491 e. The van der Waals surface area contributed by atoms with Crippen molar-refractivity contribution < 1.29 is 14.2 Å². The summed E-state index contributed by atoms with van der Waals surface area (Å²) in [4.78, 5) is 8.86. The molecular formula is C25H20ClN3O3. The van der Waals surface area contributed by atoms with Gasteiger partial charge in [0, 0.05) is 24.2 Å². The minimum absolute atomic E-state index is 0.268. The van der Waals surface area contributed by atoms with E-state index in [-0.39, 0.29) is 5.82 Å². The van der Waals surface area contributed by atoms with Crippen LogP contribution in [-0.2, 0) is 4.74 Å². The number of para-hydroxylation sites is 1. The Morgan fingerprint density at radius 3 is 2.56 bits per heavy atom. The molecule has 4 rings (SSSR count). The molecule has 3 aromatic carbocycles. The van der Waals surface area contributed by atoms with Crippen LogP contribution in [0.5, 0.6) is 17.2 Å². The second-order valence-electron chi connectivity index (χ2n) is 6.75. The van der Waals surface area contributed by atoms with Crippen molar-refractivity contribution in [1.29, 1.82) is 0 Å². The maximum Gasteiger partial charge on any atom is 0.207 e. The Bertz CT molecular complexity index is 1270. The molecule has 0 saturated carbocycles. The van der Waals surface area contributed by atoms with Crippen LogP contribution >= 0.6 is 11.6 Å². The number of terminal acetylenes is 1. The number of rotatable bonds is 8. The van der Waals surface area contributed by atoms with Crippen molar-refractivity contribution in [1.82, 2.24) is 9.97 Å². The lowest BCUT2D eigenvalue weighted by Gasteiger charge is -2.13. The van der Waals surface area contributed by atoms with E-state index in [1.807, 2.05) is 54.6 Å². The number of aromatic nitrogens is 2. The van der Waals surface area contributed by atoms with Crippen molar-refractivity contribution in [3.63, 3.8) is 0 Å². The molecule has 0 aliphatic rings. The molecule has 0 spiro atoms. The van der Waals surface area contributed by atoms with E-state index in [1.54, 1.807) is 19.2 Å². The van der Waals surface area contributed by atoms with Crippen LogP contribution < -0.4 is 14.8 Å². The summed E-state index contributed by atoms with van der Waals surface area (Å²) in [5.41, 5.74) is 1.40. The second kappa shape index (κ2) is 10.0. The fourth-order valence-electron chi connectivity index (χ4n) is 3.02. The van der Waals surface area contributed by atoms with Crippen LogP contribution in [0.2, 0.25) is 5.02 Å². The molecule has 0 amide bonds. The summed E-state index contributed by atoms with van der Waals surface area (Å²) in [7, 11) is 1.63. The number of hydrogen-bond acceptors (Lipinski definition) is 6. The molecule has 160 valence electrons. The fraction of sp³-hybridized carbons (Fsp3) is 0.120. The predicted molar refractivity (Wildman–Crippen MR) is 126 cm³/mol. The molecule has 0 saturated heterocycles. The van der Waals surface area contributed by atoms with Gasteiger partial charge in [0.05, 0.1) is 17.1 Å². The molecule has 0 atom stereocenters. The molecule has 1 N–H and O–H groups in total. The van der Waals surface area contributed by atoms with Gasteiger partial charge in [0.25, 0.3) is 0 Å². The number of nitrogens with zero attached hydrogens (tertiary/aromatic N) is 2. The lowest BCUT2D eigenvalue weighted by molar-refractivity contribution is 0.146. The van der Waals surface area contributed by atoms with Crippen molar-refractivity contribution in [2.24, 2.45) is 0 Å². The number of nitrogens with one attached hydrogen (secondary N) is 1. The quantitative estimate of drug-likeness (QED) is 0.272. The van der Waals surface area contributed by atoms with Gasteiger partial charge in [0.1, 0.15) is 29.7 Å². The van der Waals surface area contributed by atoms with E-state index in [0.29, 0.717) is 46.8 Å². The average Bonchev–Trinajstić information content (AvgIpc) is 2.81. The lowest BCUT2D eigenvalue weighted by atomic mass is 10.2. The summed E-state index contributed by atoms with van der Waals surface area (Å²) in [6.45, 7) is 0.936. The van der Waals surface area contributed by atoms with Gasteiger partial charge in [-0.05, 0) is 48.4 Å². The first-order chi connectivity index (χ1) is 15.7. The first-order valence-electron chi connectivity index (χ1n) is 9.86. The highest BCUT2D eigenvalue weighted by Gasteiger charge is 2.11. The predicted octanol–water partition coefficient (Wildman–Crippen LogP) is 5.83. The molecule has 1 heterocycles. The van der Waals surface area contributed by atoms with Gasteiger partial charge >= 0.3 is 0 Å².